The van der Waals surface area contributed by atoms with Gasteiger partial charge in [-0.15, -0.1) is 0 Å². The van der Waals surface area contributed by atoms with Crippen molar-refractivity contribution in [2.45, 2.75) is 19.8 Å². The predicted octanol–water partition coefficient (Wildman–Crippen LogP) is 3.83. The molecule has 1 aromatic carbocycles. The van der Waals surface area contributed by atoms with Gasteiger partial charge in [-0.3, -0.25) is 0 Å². The van der Waals surface area contributed by atoms with Crippen LogP contribution >= 0.6 is 11.6 Å². The van der Waals surface area contributed by atoms with Gasteiger partial charge in [0.05, 0.1) is 0 Å². The molecule has 0 radical (unpaired) electrons. The van der Waals surface area contributed by atoms with Gasteiger partial charge in [0.25, 0.3) is 0 Å². The molecule has 3 aromatic rings. The van der Waals surface area contributed by atoms with Crippen LogP contribution in [-0.4, -0.2) is 21.5 Å². The van der Waals surface area contributed by atoms with Gasteiger partial charge in [-0.05, 0) is 36.1 Å². The lowest BCUT2D eigenvalue weighted by atomic mass is 10.1. The molecule has 4 nitrogen and oxygen atoms in total. The van der Waals surface area contributed by atoms with Crippen molar-refractivity contribution < 1.29 is 0 Å². The van der Waals surface area contributed by atoms with E-state index in [9.17, 15) is 0 Å². The van der Waals surface area contributed by atoms with E-state index in [0.717, 1.165) is 30.9 Å². The van der Waals surface area contributed by atoms with Gasteiger partial charge >= 0.3 is 0 Å². The normalized spacial score (nSPS) is 11.0. The van der Waals surface area contributed by atoms with Crippen molar-refractivity contribution in [3.63, 3.8) is 0 Å². The smallest absolute Gasteiger partial charge is 0.224 e. The summed E-state index contributed by atoms with van der Waals surface area (Å²) in [5, 5.41) is 4.88. The highest BCUT2D eigenvalue weighted by atomic mass is 35.5. The first kappa shape index (κ1) is 13.9. The average molecular weight is 301 g/mol. The number of fused-ring (bicyclic) bond motifs is 1. The van der Waals surface area contributed by atoms with E-state index in [2.05, 4.69) is 44.7 Å². The Morgan fingerprint density at radius 3 is 2.95 bits per heavy atom. The van der Waals surface area contributed by atoms with E-state index < -0.39 is 0 Å². The molecule has 0 fully saturated rings. The van der Waals surface area contributed by atoms with Crippen LogP contribution in [0.5, 0.6) is 0 Å². The summed E-state index contributed by atoms with van der Waals surface area (Å²) in [5.74, 6) is 0.784. The number of para-hydroxylation sites is 1. The van der Waals surface area contributed by atoms with E-state index in [1.54, 1.807) is 0 Å². The number of halogens is 1. The molecule has 3 rings (SSSR count). The van der Waals surface area contributed by atoms with Crippen molar-refractivity contribution in [1.82, 2.24) is 15.0 Å². The highest BCUT2D eigenvalue weighted by molar-refractivity contribution is 6.28. The number of aryl methyl sites for hydroxylation is 1. The maximum atomic E-state index is 5.92. The molecule has 0 aliphatic carbocycles. The van der Waals surface area contributed by atoms with Crippen LogP contribution in [0, 0.1) is 0 Å². The van der Waals surface area contributed by atoms with Gasteiger partial charge in [-0.1, -0.05) is 25.1 Å². The Labute approximate surface area is 128 Å². The summed E-state index contributed by atoms with van der Waals surface area (Å²) in [6.07, 6.45) is 3.84. The first-order chi connectivity index (χ1) is 10.3. The fraction of sp³-hybridized carbons (Fsp3) is 0.250. The number of benzene rings is 1. The topological polar surface area (TPSA) is 53.6 Å². The molecule has 0 bridgehead atoms. The molecule has 0 saturated heterocycles. The third-order valence-corrected chi connectivity index (χ3v) is 3.66. The number of aromatic nitrogens is 3. The summed E-state index contributed by atoms with van der Waals surface area (Å²) in [7, 11) is 0. The Kier molecular flexibility index (Phi) is 4.06. The maximum Gasteiger partial charge on any atom is 0.224 e. The Balaban J connectivity index is 1.67. The van der Waals surface area contributed by atoms with Crippen molar-refractivity contribution in [1.29, 1.82) is 0 Å². The molecular formula is C16H17ClN4. The molecule has 0 atom stereocenters. The molecule has 21 heavy (non-hydrogen) atoms. The van der Waals surface area contributed by atoms with E-state index in [1.165, 1.54) is 16.5 Å². The molecule has 0 saturated carbocycles. The van der Waals surface area contributed by atoms with Gasteiger partial charge < -0.3 is 10.3 Å². The molecule has 2 heterocycles. The van der Waals surface area contributed by atoms with Crippen LogP contribution in [0.15, 0.2) is 36.5 Å². The van der Waals surface area contributed by atoms with Crippen molar-refractivity contribution in [2.24, 2.45) is 0 Å². The lowest BCUT2D eigenvalue weighted by Crippen LogP contribution is -2.07. The Hall–Kier alpha value is -2.07. The third kappa shape index (κ3) is 3.16. The molecule has 0 unspecified atom stereocenters. The van der Waals surface area contributed by atoms with Gasteiger partial charge in [0.15, 0.2) is 0 Å². The zero-order valence-electron chi connectivity index (χ0n) is 11.9. The number of H-pyrrole nitrogens is 1. The Bertz CT molecular complexity index is 751. The number of rotatable bonds is 5. The fourth-order valence-electron chi connectivity index (χ4n) is 2.40. The van der Waals surface area contributed by atoms with E-state index >= 15 is 0 Å². The molecule has 0 aliphatic heterocycles. The van der Waals surface area contributed by atoms with Crippen LogP contribution in [0.25, 0.3) is 10.9 Å². The van der Waals surface area contributed by atoms with Crippen molar-refractivity contribution in [3.05, 3.63) is 53.1 Å². The SMILES string of the molecule is CCc1cc(NCCc2c[nH]c3ccccc23)nc(Cl)n1. The quantitative estimate of drug-likeness (QED) is 0.704. The highest BCUT2D eigenvalue weighted by Gasteiger charge is 2.04. The second-order valence-corrected chi connectivity index (χ2v) is 5.24. The molecule has 0 spiro atoms. The van der Waals surface area contributed by atoms with Crippen molar-refractivity contribution in [2.75, 3.05) is 11.9 Å². The highest BCUT2D eigenvalue weighted by Crippen LogP contribution is 2.18. The Morgan fingerprint density at radius 1 is 1.24 bits per heavy atom. The molecule has 5 heteroatoms. The van der Waals surface area contributed by atoms with Gasteiger partial charge in [0.2, 0.25) is 5.28 Å². The molecule has 0 amide bonds. The Morgan fingerprint density at radius 2 is 2.10 bits per heavy atom. The molecule has 2 N–H and O–H groups in total. The largest absolute Gasteiger partial charge is 0.370 e. The number of anilines is 1. The number of hydrogen-bond donors (Lipinski definition) is 2. The predicted molar refractivity (Wildman–Crippen MR) is 86.9 cm³/mol. The number of hydrogen-bond acceptors (Lipinski definition) is 3. The monoisotopic (exact) mass is 300 g/mol. The van der Waals surface area contributed by atoms with Crippen LogP contribution in [0.2, 0.25) is 5.28 Å². The van der Waals surface area contributed by atoms with Crippen LogP contribution in [0.3, 0.4) is 0 Å². The zero-order valence-corrected chi connectivity index (χ0v) is 12.6. The van der Waals surface area contributed by atoms with Crippen LogP contribution in [-0.2, 0) is 12.8 Å². The fourth-order valence-corrected chi connectivity index (χ4v) is 2.60. The summed E-state index contributed by atoms with van der Waals surface area (Å²) in [6, 6.07) is 10.3. The first-order valence-corrected chi connectivity index (χ1v) is 7.46. The van der Waals surface area contributed by atoms with Gasteiger partial charge in [-0.25, -0.2) is 9.97 Å². The zero-order chi connectivity index (χ0) is 14.7. The van der Waals surface area contributed by atoms with E-state index in [0.29, 0.717) is 5.28 Å². The minimum atomic E-state index is 0.295. The molecular weight excluding hydrogens is 284 g/mol. The number of aromatic amines is 1. The van der Waals surface area contributed by atoms with Crippen molar-refractivity contribution in [3.8, 4) is 0 Å². The number of nitrogens with zero attached hydrogens (tertiary/aromatic N) is 2. The van der Waals surface area contributed by atoms with Crippen LogP contribution in [0.4, 0.5) is 5.82 Å². The molecule has 2 aromatic heterocycles. The maximum absolute atomic E-state index is 5.92. The van der Waals surface area contributed by atoms with Crippen molar-refractivity contribution >= 4 is 28.3 Å². The summed E-state index contributed by atoms with van der Waals surface area (Å²) >= 11 is 5.92. The minimum Gasteiger partial charge on any atom is -0.370 e. The van der Waals surface area contributed by atoms with Crippen LogP contribution < -0.4 is 5.32 Å². The molecule has 108 valence electrons. The lowest BCUT2D eigenvalue weighted by molar-refractivity contribution is 0.971. The van der Waals surface area contributed by atoms with Gasteiger partial charge in [-0.2, -0.15) is 0 Å². The van der Waals surface area contributed by atoms with Gasteiger partial charge in [0, 0.05) is 35.4 Å². The standard InChI is InChI=1S/C16H17ClN4/c1-2-12-9-15(21-16(17)20-12)18-8-7-11-10-19-14-6-4-3-5-13(11)14/h3-6,9-10,19H,2,7-8H2,1H3,(H,18,20,21). The summed E-state index contributed by atoms with van der Waals surface area (Å²) in [6.45, 7) is 2.85. The van der Waals surface area contributed by atoms with E-state index in [-0.39, 0.29) is 0 Å². The summed E-state index contributed by atoms with van der Waals surface area (Å²) < 4.78 is 0. The second kappa shape index (κ2) is 6.14. The van der Waals surface area contributed by atoms with Crippen LogP contribution in [0.1, 0.15) is 18.2 Å². The average Bonchev–Trinajstić information content (AvgIpc) is 2.90. The first-order valence-electron chi connectivity index (χ1n) is 7.08. The van der Waals surface area contributed by atoms with E-state index in [1.807, 2.05) is 19.1 Å². The summed E-state index contributed by atoms with van der Waals surface area (Å²) in [5.41, 5.74) is 3.42. The second-order valence-electron chi connectivity index (χ2n) is 4.90. The summed E-state index contributed by atoms with van der Waals surface area (Å²) in [4.78, 5) is 11.6. The minimum absolute atomic E-state index is 0.295. The lowest BCUT2D eigenvalue weighted by Gasteiger charge is -2.07. The molecule has 0 aliphatic rings. The number of nitrogens with one attached hydrogen (secondary N) is 2. The third-order valence-electron chi connectivity index (χ3n) is 3.49. The van der Waals surface area contributed by atoms with Gasteiger partial charge in [0.1, 0.15) is 5.82 Å². The van der Waals surface area contributed by atoms with E-state index in [4.69, 9.17) is 11.6 Å².